The predicted molar refractivity (Wildman–Crippen MR) is 222 cm³/mol. The number of carbonyl (C=O) groups is 5. The lowest BCUT2D eigenvalue weighted by Gasteiger charge is -2.26. The first-order valence-electron chi connectivity index (χ1n) is 19.5. The van der Waals surface area contributed by atoms with Crippen molar-refractivity contribution in [2.75, 3.05) is 13.7 Å². The Morgan fingerprint density at radius 1 is 0.650 bits per heavy atom. The van der Waals surface area contributed by atoms with Gasteiger partial charge in [0, 0.05) is 31.4 Å². The number of hydrogen-bond donors (Lipinski definition) is 5. The highest BCUT2D eigenvalue weighted by molar-refractivity contribution is 5.95. The molecule has 4 amide bonds. The summed E-state index contributed by atoms with van der Waals surface area (Å²) in [6.45, 7) is -0.463. The number of benzene rings is 5. The minimum Gasteiger partial charge on any atom is -0.484 e. The predicted octanol–water partition coefficient (Wildman–Crippen LogP) is 4.40. The summed E-state index contributed by atoms with van der Waals surface area (Å²) in [4.78, 5) is 85.6. The summed E-state index contributed by atoms with van der Waals surface area (Å²) in [7, 11) is 1.23. The van der Waals surface area contributed by atoms with Gasteiger partial charge in [-0.2, -0.15) is 0 Å². The van der Waals surface area contributed by atoms with Gasteiger partial charge in [-0.1, -0.05) is 109 Å². The van der Waals surface area contributed by atoms with Crippen molar-refractivity contribution in [1.82, 2.24) is 21.3 Å². The number of carbonyl (C=O) groups excluding carboxylic acids is 4. The molecule has 5 N–H and O–H groups in total. The summed E-state index contributed by atoms with van der Waals surface area (Å²) < 4.78 is 5.70. The molecule has 308 valence electrons. The average molecular weight is 813 g/mol. The zero-order valence-corrected chi connectivity index (χ0v) is 32.9. The Morgan fingerprint density at radius 2 is 1.18 bits per heavy atom. The van der Waals surface area contributed by atoms with Crippen LogP contribution in [0, 0.1) is 4.91 Å². The van der Waals surface area contributed by atoms with Crippen LogP contribution in [-0.4, -0.2) is 77.5 Å². The number of hydrogen-bond acceptors (Lipinski definition) is 8. The number of nitrogens with zero attached hydrogens (tertiary/aromatic N) is 1. The Kier molecular flexibility index (Phi) is 14.3. The number of fused-ring (bicyclic) bond motifs is 16. The Balaban J connectivity index is 1.34. The Hall–Kier alpha value is -7.35. The second-order valence-electron chi connectivity index (χ2n) is 14.4. The van der Waals surface area contributed by atoms with E-state index in [-0.39, 0.29) is 31.4 Å². The van der Waals surface area contributed by atoms with Crippen LogP contribution in [0.3, 0.4) is 0 Å². The fraction of sp³-hybridized carbons (Fsp3) is 0.239. The van der Waals surface area contributed by atoms with Gasteiger partial charge >= 0.3 is 11.7 Å². The number of amides is 4. The van der Waals surface area contributed by atoms with Crippen molar-refractivity contribution in [3.8, 4) is 16.9 Å². The van der Waals surface area contributed by atoms with E-state index in [0.29, 0.717) is 33.8 Å². The van der Waals surface area contributed by atoms with E-state index in [9.17, 15) is 34.0 Å². The molecule has 7 rings (SSSR count). The van der Waals surface area contributed by atoms with Crippen LogP contribution < -0.4 is 26.0 Å². The molecule has 2 bridgehead atoms. The first-order valence-corrected chi connectivity index (χ1v) is 19.5. The fourth-order valence-electron chi connectivity index (χ4n) is 6.80. The van der Waals surface area contributed by atoms with Gasteiger partial charge in [-0.15, -0.1) is 0 Å². The second kappa shape index (κ2) is 20.4. The average Bonchev–Trinajstić information content (AvgIpc) is 3.27. The molecule has 0 aromatic heterocycles. The topological polar surface area (TPSA) is 192 Å². The van der Waals surface area contributed by atoms with Gasteiger partial charge in [-0.05, 0) is 58.4 Å². The number of nitrogens with one attached hydrogen (secondary N) is 4. The van der Waals surface area contributed by atoms with Crippen LogP contribution in [0.15, 0.2) is 133 Å². The number of rotatable bonds is 11. The zero-order chi connectivity index (χ0) is 42.4. The molecule has 2 aliphatic heterocycles. The molecule has 2 heterocycles. The molecule has 0 saturated carbocycles. The summed E-state index contributed by atoms with van der Waals surface area (Å²) in [5.41, 5.74) is 4.90. The molecule has 4 atom stereocenters. The number of aryl methyl sites for hydroxylation is 1. The van der Waals surface area contributed by atoms with Crippen LogP contribution in [0.1, 0.15) is 28.7 Å². The summed E-state index contributed by atoms with van der Waals surface area (Å²) >= 11 is 0. The molecule has 0 radical (unpaired) electrons. The summed E-state index contributed by atoms with van der Waals surface area (Å²) in [5, 5.41) is 21.1. The van der Waals surface area contributed by atoms with Crippen LogP contribution in [0.4, 0.5) is 5.69 Å². The Labute approximate surface area is 346 Å². The Morgan fingerprint density at radius 3 is 1.78 bits per heavy atom. The van der Waals surface area contributed by atoms with E-state index in [0.717, 1.165) is 16.7 Å². The van der Waals surface area contributed by atoms with Gasteiger partial charge in [0.15, 0.2) is 13.7 Å². The van der Waals surface area contributed by atoms with Crippen molar-refractivity contribution in [3.05, 3.63) is 161 Å². The molecule has 0 fully saturated rings. The maximum absolute atomic E-state index is 14.4. The molecule has 2 aliphatic rings. The van der Waals surface area contributed by atoms with Crippen molar-refractivity contribution in [2.45, 2.75) is 56.3 Å². The van der Waals surface area contributed by atoms with Crippen LogP contribution in [0.2, 0.25) is 0 Å². The van der Waals surface area contributed by atoms with Crippen molar-refractivity contribution in [3.63, 3.8) is 0 Å². The monoisotopic (exact) mass is 812 g/mol. The van der Waals surface area contributed by atoms with Gasteiger partial charge in [-0.3, -0.25) is 19.2 Å². The zero-order valence-electron chi connectivity index (χ0n) is 32.9. The van der Waals surface area contributed by atoms with Crippen LogP contribution in [0.5, 0.6) is 5.75 Å². The highest BCUT2D eigenvalue weighted by atomic mass is 16.8. The number of carboxylic acids is 1. The van der Waals surface area contributed by atoms with Gasteiger partial charge in [0.1, 0.15) is 29.9 Å². The van der Waals surface area contributed by atoms with Crippen LogP contribution in [-0.2, 0) is 54.5 Å². The minimum absolute atomic E-state index is 0.000222. The molecular weight excluding hydrogens is 767 g/mol. The van der Waals surface area contributed by atoms with E-state index < -0.39 is 60.4 Å². The largest absolute Gasteiger partial charge is 0.484 e. The molecule has 5 aromatic rings. The smallest absolute Gasteiger partial charge is 0.326 e. The summed E-state index contributed by atoms with van der Waals surface area (Å²) in [6, 6.07) is 34.2. The maximum atomic E-state index is 14.4. The normalized spacial score (nSPS) is 18.9. The van der Waals surface area contributed by atoms with Gasteiger partial charge in [0.05, 0.1) is 4.91 Å². The first kappa shape index (κ1) is 42.3. The third kappa shape index (κ3) is 11.8. The highest BCUT2D eigenvalue weighted by Crippen LogP contribution is 2.21. The second-order valence-corrected chi connectivity index (χ2v) is 14.4. The lowest BCUT2D eigenvalue weighted by molar-refractivity contribution is -0.736. The van der Waals surface area contributed by atoms with Crippen molar-refractivity contribution in [2.24, 2.45) is 0 Å². The molecular formula is C46H46N5O9+. The van der Waals surface area contributed by atoms with Gasteiger partial charge in [-0.25, -0.2) is 9.63 Å². The van der Waals surface area contributed by atoms with E-state index >= 15 is 0 Å². The van der Waals surface area contributed by atoms with Gasteiger partial charge in [0.2, 0.25) is 17.7 Å². The molecule has 0 spiro atoms. The lowest BCUT2D eigenvalue weighted by atomic mass is 9.98. The van der Waals surface area contributed by atoms with E-state index in [1.54, 1.807) is 36.4 Å². The summed E-state index contributed by atoms with van der Waals surface area (Å²) in [5.74, 6) is -3.69. The standard InChI is InChI=1S/C46H45N5O9/c1-59-51(58)36-21-14-32(15-22-36)26-39-44(54)49-40(27-31-12-19-35(20-13-31)34-10-6-3-7-11-34)45(55)48-38(25-18-30-8-4-2-5-9-30)43(53)50-41(46(56)57)28-33-16-23-37(24-17-33)60-29-42(52)47-39/h2-17,19-24,38-41H,18,25-29H2,1H3,(H4-,47,48,49,50,52,53,54,55,56,57)/p+1/t38-,39-,40+,41-/m0/s1. The van der Waals surface area contributed by atoms with E-state index in [1.165, 1.54) is 19.2 Å². The van der Waals surface area contributed by atoms with E-state index in [2.05, 4.69) is 21.3 Å². The number of carboxylic acid groups (broad SMARTS) is 1. The third-order valence-electron chi connectivity index (χ3n) is 10.1. The minimum atomic E-state index is -1.34. The molecule has 0 aliphatic carbocycles. The SMILES string of the molecule is CO[N+](=O)c1ccc(C[C@@H]2NC(=O)COc3ccc(cc3)C[C@@H](C(=O)O)NC(=O)[C@H](CCc3ccccc3)NC(=O)[C@@H](Cc3ccc(-c4ccccc4)cc3)NC2=O)cc1. The van der Waals surface area contributed by atoms with Gasteiger partial charge < -0.3 is 31.1 Å². The highest BCUT2D eigenvalue weighted by Gasteiger charge is 2.32. The Bertz CT molecular complexity index is 2270. The molecule has 14 heteroatoms. The molecule has 14 nitrogen and oxygen atoms in total. The first-order chi connectivity index (χ1) is 29.0. The third-order valence-corrected chi connectivity index (χ3v) is 10.1. The van der Waals surface area contributed by atoms with E-state index in [4.69, 9.17) is 9.57 Å². The van der Waals surface area contributed by atoms with Crippen molar-refractivity contribution < 1.29 is 43.6 Å². The molecule has 0 unspecified atom stereocenters. The molecule has 0 saturated heterocycles. The van der Waals surface area contributed by atoms with E-state index in [1.807, 2.05) is 84.9 Å². The van der Waals surface area contributed by atoms with Crippen molar-refractivity contribution in [1.29, 1.82) is 0 Å². The quantitative estimate of drug-likeness (QED) is 0.0951. The van der Waals surface area contributed by atoms with Crippen LogP contribution in [0.25, 0.3) is 11.1 Å². The number of aliphatic carboxylic acids is 1. The fourth-order valence-corrected chi connectivity index (χ4v) is 6.80. The molecule has 60 heavy (non-hydrogen) atoms. The number of ether oxygens (including phenoxy) is 1. The van der Waals surface area contributed by atoms with Gasteiger partial charge in [0.25, 0.3) is 10.8 Å². The van der Waals surface area contributed by atoms with Crippen LogP contribution >= 0.6 is 0 Å². The lowest BCUT2D eigenvalue weighted by Crippen LogP contribution is -2.59. The molecule has 5 aromatic carbocycles. The van der Waals surface area contributed by atoms with Crippen molar-refractivity contribution >= 4 is 35.3 Å². The summed E-state index contributed by atoms with van der Waals surface area (Å²) in [6.07, 6.45) is 0.389. The maximum Gasteiger partial charge on any atom is 0.326 e.